The number of guanidine groups is 1. The van der Waals surface area contributed by atoms with E-state index < -0.39 is 6.10 Å². The Labute approximate surface area is 139 Å². The molecule has 0 saturated carbocycles. The van der Waals surface area contributed by atoms with E-state index in [9.17, 15) is 5.11 Å². The molecule has 0 bridgehead atoms. The van der Waals surface area contributed by atoms with Gasteiger partial charge in [0.25, 0.3) is 0 Å². The van der Waals surface area contributed by atoms with Crippen molar-refractivity contribution in [1.82, 2.24) is 10.2 Å². The SMILES string of the molecule is CCNC(=NCC(O)COCC(C)C)N1CCSC(CC)C1. The number of aliphatic imine (C=N–C) groups is 1. The van der Waals surface area contributed by atoms with Gasteiger partial charge in [0, 0.05) is 37.2 Å². The van der Waals surface area contributed by atoms with Gasteiger partial charge in [0.1, 0.15) is 0 Å². The van der Waals surface area contributed by atoms with Crippen molar-refractivity contribution in [3.05, 3.63) is 0 Å². The Morgan fingerprint density at radius 1 is 1.41 bits per heavy atom. The van der Waals surface area contributed by atoms with Crippen molar-refractivity contribution in [3.8, 4) is 0 Å². The standard InChI is InChI=1S/C16H33N3O2S/c1-5-15-10-19(7-8-22-15)16(17-6-2)18-9-14(20)12-21-11-13(3)4/h13-15,20H,5-12H2,1-4H3,(H,17,18). The highest BCUT2D eigenvalue weighted by molar-refractivity contribution is 8.00. The van der Waals surface area contributed by atoms with E-state index in [4.69, 9.17) is 4.74 Å². The minimum atomic E-state index is -0.534. The molecule has 0 amide bonds. The first-order chi connectivity index (χ1) is 10.6. The molecule has 0 aromatic heterocycles. The van der Waals surface area contributed by atoms with Crippen molar-refractivity contribution in [2.24, 2.45) is 10.9 Å². The molecule has 22 heavy (non-hydrogen) atoms. The number of hydrogen-bond donors (Lipinski definition) is 2. The fraction of sp³-hybridized carbons (Fsp3) is 0.938. The lowest BCUT2D eigenvalue weighted by atomic mass is 10.2. The lowest BCUT2D eigenvalue weighted by molar-refractivity contribution is 0.0300. The third kappa shape index (κ3) is 7.70. The summed E-state index contributed by atoms with van der Waals surface area (Å²) < 4.78 is 5.47. The molecule has 0 radical (unpaired) electrons. The second kappa shape index (κ2) is 11.1. The Morgan fingerprint density at radius 2 is 2.18 bits per heavy atom. The van der Waals surface area contributed by atoms with Crippen LogP contribution < -0.4 is 5.32 Å². The van der Waals surface area contributed by atoms with Crippen molar-refractivity contribution in [2.75, 3.05) is 45.1 Å². The Kier molecular flexibility index (Phi) is 9.91. The average Bonchev–Trinajstić information content (AvgIpc) is 2.51. The molecule has 130 valence electrons. The van der Waals surface area contributed by atoms with Gasteiger partial charge < -0.3 is 20.1 Å². The van der Waals surface area contributed by atoms with Crippen LogP contribution in [0.25, 0.3) is 0 Å². The molecule has 2 N–H and O–H groups in total. The normalized spacial score (nSPS) is 21.3. The summed E-state index contributed by atoms with van der Waals surface area (Å²) in [5.74, 6) is 2.55. The van der Waals surface area contributed by atoms with E-state index in [0.717, 1.165) is 31.3 Å². The van der Waals surface area contributed by atoms with Crippen LogP contribution in [0, 0.1) is 5.92 Å². The Morgan fingerprint density at radius 3 is 2.82 bits per heavy atom. The summed E-state index contributed by atoms with van der Waals surface area (Å²) in [5.41, 5.74) is 0. The van der Waals surface area contributed by atoms with Crippen LogP contribution in [0.2, 0.25) is 0 Å². The number of ether oxygens (including phenoxy) is 1. The first kappa shape index (κ1) is 19.6. The molecule has 1 fully saturated rings. The van der Waals surface area contributed by atoms with E-state index in [1.54, 1.807) is 0 Å². The fourth-order valence-electron chi connectivity index (χ4n) is 2.27. The molecule has 2 atom stereocenters. The van der Waals surface area contributed by atoms with Gasteiger partial charge in [-0.15, -0.1) is 0 Å². The summed E-state index contributed by atoms with van der Waals surface area (Å²) in [6.45, 7) is 12.9. The average molecular weight is 332 g/mol. The molecule has 0 aromatic carbocycles. The highest BCUT2D eigenvalue weighted by Gasteiger charge is 2.21. The molecular formula is C16H33N3O2S. The van der Waals surface area contributed by atoms with E-state index in [2.05, 4.69) is 42.9 Å². The molecule has 0 aromatic rings. The van der Waals surface area contributed by atoms with Crippen molar-refractivity contribution in [1.29, 1.82) is 0 Å². The number of hydrogen-bond acceptors (Lipinski definition) is 4. The number of aliphatic hydroxyl groups is 1. The topological polar surface area (TPSA) is 57.1 Å². The van der Waals surface area contributed by atoms with Crippen LogP contribution in [0.1, 0.15) is 34.1 Å². The first-order valence-corrected chi connectivity index (χ1v) is 9.52. The summed E-state index contributed by atoms with van der Waals surface area (Å²) >= 11 is 2.05. The second-order valence-electron chi connectivity index (χ2n) is 6.13. The fourth-order valence-corrected chi connectivity index (χ4v) is 3.45. The lowest BCUT2D eigenvalue weighted by Gasteiger charge is -2.34. The Hall–Kier alpha value is -0.460. The molecule has 1 aliphatic rings. The smallest absolute Gasteiger partial charge is 0.194 e. The predicted octanol–water partition coefficient (Wildman–Crippen LogP) is 1.81. The van der Waals surface area contributed by atoms with Gasteiger partial charge in [-0.1, -0.05) is 20.8 Å². The molecule has 2 unspecified atom stereocenters. The summed E-state index contributed by atoms with van der Waals surface area (Å²) in [7, 11) is 0. The van der Waals surface area contributed by atoms with Gasteiger partial charge in [-0.25, -0.2) is 0 Å². The molecule has 1 aliphatic heterocycles. The molecular weight excluding hydrogens is 298 g/mol. The maximum atomic E-state index is 9.99. The monoisotopic (exact) mass is 331 g/mol. The van der Waals surface area contributed by atoms with E-state index in [1.165, 1.54) is 6.42 Å². The van der Waals surface area contributed by atoms with Crippen molar-refractivity contribution in [3.63, 3.8) is 0 Å². The number of nitrogens with one attached hydrogen (secondary N) is 1. The highest BCUT2D eigenvalue weighted by Crippen LogP contribution is 2.21. The third-order valence-electron chi connectivity index (χ3n) is 3.44. The number of aliphatic hydroxyl groups excluding tert-OH is 1. The van der Waals surface area contributed by atoms with Crippen LogP contribution in [-0.4, -0.2) is 72.5 Å². The maximum absolute atomic E-state index is 9.99. The lowest BCUT2D eigenvalue weighted by Crippen LogP contribution is -2.48. The van der Waals surface area contributed by atoms with Crippen LogP contribution >= 0.6 is 11.8 Å². The van der Waals surface area contributed by atoms with Crippen molar-refractivity contribution < 1.29 is 9.84 Å². The summed E-state index contributed by atoms with van der Waals surface area (Å²) in [6, 6.07) is 0. The quantitative estimate of drug-likeness (QED) is 0.525. The third-order valence-corrected chi connectivity index (χ3v) is 4.81. The minimum Gasteiger partial charge on any atom is -0.389 e. The van der Waals surface area contributed by atoms with Crippen LogP contribution in [0.5, 0.6) is 0 Å². The molecule has 1 saturated heterocycles. The van der Waals surface area contributed by atoms with E-state index in [1.807, 2.05) is 11.8 Å². The number of thioether (sulfide) groups is 1. The van der Waals surface area contributed by atoms with Crippen LogP contribution in [-0.2, 0) is 4.74 Å². The zero-order chi connectivity index (χ0) is 16.4. The second-order valence-corrected chi connectivity index (χ2v) is 7.54. The van der Waals surface area contributed by atoms with Crippen molar-refractivity contribution >= 4 is 17.7 Å². The van der Waals surface area contributed by atoms with E-state index >= 15 is 0 Å². The van der Waals surface area contributed by atoms with Gasteiger partial charge in [-0.2, -0.15) is 11.8 Å². The molecule has 1 rings (SSSR count). The van der Waals surface area contributed by atoms with Gasteiger partial charge >= 0.3 is 0 Å². The zero-order valence-electron chi connectivity index (χ0n) is 14.5. The van der Waals surface area contributed by atoms with Crippen LogP contribution in [0.15, 0.2) is 4.99 Å². The van der Waals surface area contributed by atoms with Gasteiger partial charge in [0.05, 0.1) is 19.3 Å². The highest BCUT2D eigenvalue weighted by atomic mass is 32.2. The van der Waals surface area contributed by atoms with E-state index in [0.29, 0.717) is 30.9 Å². The Balaban J connectivity index is 2.46. The van der Waals surface area contributed by atoms with Crippen molar-refractivity contribution in [2.45, 2.75) is 45.5 Å². The van der Waals surface area contributed by atoms with Gasteiger partial charge in [-0.05, 0) is 19.3 Å². The van der Waals surface area contributed by atoms with E-state index in [-0.39, 0.29) is 0 Å². The van der Waals surface area contributed by atoms with Crippen LogP contribution in [0.4, 0.5) is 0 Å². The summed E-state index contributed by atoms with van der Waals surface area (Å²) in [6.07, 6.45) is 0.653. The molecule has 5 nitrogen and oxygen atoms in total. The molecule has 6 heteroatoms. The van der Waals surface area contributed by atoms with Gasteiger partial charge in [0.15, 0.2) is 5.96 Å². The maximum Gasteiger partial charge on any atom is 0.194 e. The first-order valence-electron chi connectivity index (χ1n) is 8.47. The molecule has 0 aliphatic carbocycles. The predicted molar refractivity (Wildman–Crippen MR) is 95.8 cm³/mol. The number of rotatable bonds is 8. The minimum absolute atomic E-state index is 0.356. The molecule has 0 spiro atoms. The van der Waals surface area contributed by atoms with Gasteiger partial charge in [-0.3, -0.25) is 4.99 Å². The Bertz CT molecular complexity index is 327. The summed E-state index contributed by atoms with van der Waals surface area (Å²) in [4.78, 5) is 6.91. The molecule has 1 heterocycles. The number of nitrogens with zero attached hydrogens (tertiary/aromatic N) is 2. The van der Waals surface area contributed by atoms with Gasteiger partial charge in [0.2, 0.25) is 0 Å². The largest absolute Gasteiger partial charge is 0.389 e. The summed E-state index contributed by atoms with van der Waals surface area (Å²) in [5, 5.41) is 14.0. The van der Waals surface area contributed by atoms with Crippen LogP contribution in [0.3, 0.4) is 0 Å². The zero-order valence-corrected chi connectivity index (χ0v) is 15.4.